The van der Waals surface area contributed by atoms with Gasteiger partial charge in [0.2, 0.25) is 0 Å². The van der Waals surface area contributed by atoms with Crippen LogP contribution in [0.1, 0.15) is 0 Å². The Kier molecular flexibility index (Phi) is 24.8. The monoisotopic (exact) mass is 402 g/mol. The van der Waals surface area contributed by atoms with Gasteiger partial charge in [-0.15, -0.1) is 0 Å². The fourth-order valence-corrected chi connectivity index (χ4v) is 1.81. The Bertz CT molecular complexity index is 217. The lowest BCUT2D eigenvalue weighted by Gasteiger charge is -2.08. The van der Waals surface area contributed by atoms with Gasteiger partial charge < -0.3 is 33.2 Å². The lowest BCUT2D eigenvalue weighted by Crippen LogP contribution is -2.14. The molecule has 0 aromatic rings. The molecule has 0 rings (SSSR count). The number of hydrogen-bond donors (Lipinski definition) is 2. The Balaban J connectivity index is 2.94. The van der Waals surface area contributed by atoms with Crippen LogP contribution in [0, 0.1) is 0 Å². The van der Waals surface area contributed by atoms with E-state index in [1.165, 1.54) is 0 Å². The van der Waals surface area contributed by atoms with Gasteiger partial charge in [-0.1, -0.05) is 0 Å². The van der Waals surface area contributed by atoms with E-state index in [0.29, 0.717) is 92.5 Å². The largest absolute Gasteiger partial charge is 0.378 e. The van der Waals surface area contributed by atoms with Crippen molar-refractivity contribution in [3.63, 3.8) is 0 Å². The fourth-order valence-electron chi connectivity index (χ4n) is 1.55. The first-order valence-electron chi connectivity index (χ1n) is 8.67. The van der Waals surface area contributed by atoms with E-state index in [2.05, 4.69) is 25.3 Å². The average Bonchev–Trinajstić information content (AvgIpc) is 2.63. The predicted octanol–water partition coefficient (Wildman–Crippen LogP) is 0.962. The quantitative estimate of drug-likeness (QED) is 0.207. The van der Waals surface area contributed by atoms with Crippen molar-refractivity contribution in [3.05, 3.63) is 0 Å². The van der Waals surface area contributed by atoms with E-state index in [0.717, 1.165) is 11.5 Å². The molecular weight excluding hydrogens is 368 g/mol. The predicted molar refractivity (Wildman–Crippen MR) is 103 cm³/mol. The Morgan fingerprint density at radius 2 is 0.440 bits per heavy atom. The molecule has 0 amide bonds. The highest BCUT2D eigenvalue weighted by Crippen LogP contribution is 1.85. The van der Waals surface area contributed by atoms with Gasteiger partial charge in [0.05, 0.1) is 92.5 Å². The molecular formula is C16H34O7S2. The van der Waals surface area contributed by atoms with Gasteiger partial charge in [-0.3, -0.25) is 0 Å². The molecule has 0 aliphatic rings. The Morgan fingerprint density at radius 1 is 0.280 bits per heavy atom. The molecule has 0 atom stereocenters. The third kappa shape index (κ3) is 24.4. The molecule has 0 saturated heterocycles. The molecule has 0 aromatic carbocycles. The van der Waals surface area contributed by atoms with Crippen LogP contribution >= 0.6 is 25.3 Å². The number of hydrogen-bond acceptors (Lipinski definition) is 9. The smallest absolute Gasteiger partial charge is 0.0701 e. The average molecular weight is 403 g/mol. The number of thiol groups is 2. The van der Waals surface area contributed by atoms with Crippen molar-refractivity contribution in [1.29, 1.82) is 0 Å². The summed E-state index contributed by atoms with van der Waals surface area (Å²) in [4.78, 5) is 0. The van der Waals surface area contributed by atoms with Crippen LogP contribution in [0.2, 0.25) is 0 Å². The van der Waals surface area contributed by atoms with Crippen LogP contribution in [0.5, 0.6) is 0 Å². The van der Waals surface area contributed by atoms with Crippen LogP contribution in [0.15, 0.2) is 0 Å². The number of rotatable bonds is 22. The van der Waals surface area contributed by atoms with Crippen LogP contribution in [0.25, 0.3) is 0 Å². The van der Waals surface area contributed by atoms with E-state index in [-0.39, 0.29) is 0 Å². The standard InChI is InChI=1S/C16H34O7S2/c24-15-13-22-11-9-20-7-5-18-3-1-17-2-4-19-6-8-21-10-12-23-14-16-25/h24-25H,1-16H2. The maximum Gasteiger partial charge on any atom is 0.0701 e. The number of ether oxygens (including phenoxy) is 7. The molecule has 0 unspecified atom stereocenters. The van der Waals surface area contributed by atoms with Crippen LogP contribution in [-0.4, -0.2) is 104 Å². The van der Waals surface area contributed by atoms with E-state index in [1.807, 2.05) is 0 Å². The molecule has 0 heterocycles. The highest BCUT2D eigenvalue weighted by Gasteiger charge is 1.94. The fraction of sp³-hybridized carbons (Fsp3) is 1.00. The lowest BCUT2D eigenvalue weighted by molar-refractivity contribution is -0.0196. The van der Waals surface area contributed by atoms with Gasteiger partial charge in [0.15, 0.2) is 0 Å². The van der Waals surface area contributed by atoms with E-state index in [9.17, 15) is 0 Å². The molecule has 0 bridgehead atoms. The van der Waals surface area contributed by atoms with E-state index < -0.39 is 0 Å². The van der Waals surface area contributed by atoms with Gasteiger partial charge in [0.25, 0.3) is 0 Å². The lowest BCUT2D eigenvalue weighted by atomic mass is 10.6. The van der Waals surface area contributed by atoms with Crippen molar-refractivity contribution < 1.29 is 33.2 Å². The minimum atomic E-state index is 0.549. The summed E-state index contributed by atoms with van der Waals surface area (Å²) in [6, 6.07) is 0. The maximum absolute atomic E-state index is 5.39. The first-order chi connectivity index (χ1) is 12.4. The SMILES string of the molecule is SCCOCCOCCOCCOCCOCCOCCOCCS. The summed E-state index contributed by atoms with van der Waals surface area (Å²) < 4.78 is 37.3. The first kappa shape index (κ1) is 25.4. The zero-order chi connectivity index (χ0) is 18.3. The van der Waals surface area contributed by atoms with Crippen LogP contribution in [-0.2, 0) is 33.2 Å². The molecule has 9 heteroatoms. The molecule has 0 aliphatic carbocycles. The summed E-state index contributed by atoms with van der Waals surface area (Å²) in [5.74, 6) is 1.46. The van der Waals surface area contributed by atoms with Gasteiger partial charge in [0, 0.05) is 11.5 Å². The highest BCUT2D eigenvalue weighted by atomic mass is 32.1. The third-order valence-corrected chi connectivity index (χ3v) is 3.07. The van der Waals surface area contributed by atoms with Gasteiger partial charge >= 0.3 is 0 Å². The summed E-state index contributed by atoms with van der Waals surface area (Å²) >= 11 is 8.10. The Labute approximate surface area is 162 Å². The van der Waals surface area contributed by atoms with Crippen LogP contribution in [0.3, 0.4) is 0 Å². The zero-order valence-corrected chi connectivity index (χ0v) is 16.9. The van der Waals surface area contributed by atoms with Crippen molar-refractivity contribution >= 4 is 25.3 Å². The Morgan fingerprint density at radius 3 is 0.600 bits per heavy atom. The molecule has 0 N–H and O–H groups in total. The van der Waals surface area contributed by atoms with Gasteiger partial charge in [-0.25, -0.2) is 0 Å². The normalized spacial score (nSPS) is 11.3. The highest BCUT2D eigenvalue weighted by molar-refractivity contribution is 7.80. The van der Waals surface area contributed by atoms with Gasteiger partial charge in [-0.05, 0) is 0 Å². The van der Waals surface area contributed by atoms with Crippen molar-refractivity contribution in [2.45, 2.75) is 0 Å². The van der Waals surface area contributed by atoms with Gasteiger partial charge in [0.1, 0.15) is 0 Å². The minimum Gasteiger partial charge on any atom is -0.378 e. The molecule has 0 aliphatic heterocycles. The van der Waals surface area contributed by atoms with Crippen molar-refractivity contribution in [1.82, 2.24) is 0 Å². The van der Waals surface area contributed by atoms with Crippen molar-refractivity contribution in [3.8, 4) is 0 Å². The topological polar surface area (TPSA) is 64.6 Å². The molecule has 7 nitrogen and oxygen atoms in total. The molecule has 0 aromatic heterocycles. The van der Waals surface area contributed by atoms with Crippen LogP contribution in [0.4, 0.5) is 0 Å². The zero-order valence-electron chi connectivity index (χ0n) is 15.1. The molecule has 152 valence electrons. The second-order valence-corrected chi connectivity index (χ2v) is 5.63. The van der Waals surface area contributed by atoms with E-state index in [1.54, 1.807) is 0 Å². The minimum absolute atomic E-state index is 0.549. The Hall–Kier alpha value is 0.420. The molecule has 25 heavy (non-hydrogen) atoms. The van der Waals surface area contributed by atoms with Crippen molar-refractivity contribution in [2.24, 2.45) is 0 Å². The summed E-state index contributed by atoms with van der Waals surface area (Å²) in [7, 11) is 0. The summed E-state index contributed by atoms with van der Waals surface area (Å²) in [5.41, 5.74) is 0. The molecule has 0 fully saturated rings. The molecule has 0 radical (unpaired) electrons. The van der Waals surface area contributed by atoms with Gasteiger partial charge in [-0.2, -0.15) is 25.3 Å². The summed E-state index contributed by atoms with van der Waals surface area (Å²) in [5, 5.41) is 0. The van der Waals surface area contributed by atoms with E-state index in [4.69, 9.17) is 33.2 Å². The third-order valence-electron chi connectivity index (χ3n) is 2.70. The molecule has 0 saturated carbocycles. The van der Waals surface area contributed by atoms with Crippen LogP contribution < -0.4 is 0 Å². The first-order valence-corrected chi connectivity index (χ1v) is 9.94. The summed E-state index contributed by atoms with van der Waals surface area (Å²) in [6.07, 6.45) is 0. The maximum atomic E-state index is 5.39. The molecule has 0 spiro atoms. The second-order valence-electron chi connectivity index (χ2n) is 4.73. The van der Waals surface area contributed by atoms with Crippen molar-refractivity contribution in [2.75, 3.05) is 104 Å². The summed E-state index contributed by atoms with van der Waals surface area (Å²) in [6.45, 7) is 8.10. The second kappa shape index (κ2) is 24.4. The van der Waals surface area contributed by atoms with E-state index >= 15 is 0 Å².